The number of amides is 1. The van der Waals surface area contributed by atoms with Crippen LogP contribution in [0.1, 0.15) is 42.1 Å². The van der Waals surface area contributed by atoms with Crippen molar-refractivity contribution in [3.8, 4) is 0 Å². The van der Waals surface area contributed by atoms with Gasteiger partial charge in [-0.1, -0.05) is 67.6 Å². The molecule has 7 nitrogen and oxygen atoms in total. The van der Waals surface area contributed by atoms with Crippen molar-refractivity contribution in [2.24, 2.45) is 5.92 Å². The predicted molar refractivity (Wildman–Crippen MR) is 142 cm³/mol. The van der Waals surface area contributed by atoms with Crippen molar-refractivity contribution >= 4 is 17.9 Å². The average molecular weight is 486 g/mol. The number of ether oxygens (including phenoxy) is 1. The van der Waals surface area contributed by atoms with Gasteiger partial charge in [-0.15, -0.1) is 0 Å². The van der Waals surface area contributed by atoms with E-state index in [0.29, 0.717) is 19.5 Å². The minimum Gasteiger partial charge on any atom is -0.445 e. The largest absolute Gasteiger partial charge is 0.445 e. The van der Waals surface area contributed by atoms with Gasteiger partial charge in [0, 0.05) is 45.2 Å². The third-order valence-corrected chi connectivity index (χ3v) is 7.18. The van der Waals surface area contributed by atoms with Crippen LogP contribution < -0.4 is 9.80 Å². The number of carbonyl (C=O) groups is 1. The van der Waals surface area contributed by atoms with Crippen molar-refractivity contribution in [3.05, 3.63) is 83.0 Å². The Balaban J connectivity index is 1.37. The van der Waals surface area contributed by atoms with Gasteiger partial charge in [-0.2, -0.15) is 4.98 Å². The van der Waals surface area contributed by atoms with Crippen LogP contribution in [-0.4, -0.2) is 47.6 Å². The fourth-order valence-corrected chi connectivity index (χ4v) is 4.93. The van der Waals surface area contributed by atoms with Gasteiger partial charge in [0.25, 0.3) is 0 Å². The van der Waals surface area contributed by atoms with Gasteiger partial charge in [0.2, 0.25) is 5.95 Å². The summed E-state index contributed by atoms with van der Waals surface area (Å²) in [5.41, 5.74) is 4.31. The van der Waals surface area contributed by atoms with Crippen molar-refractivity contribution in [2.45, 2.75) is 45.9 Å². The maximum atomic E-state index is 12.9. The molecule has 188 valence electrons. The van der Waals surface area contributed by atoms with Crippen molar-refractivity contribution in [3.63, 3.8) is 0 Å². The highest BCUT2D eigenvalue weighted by Crippen LogP contribution is 2.32. The molecule has 3 heterocycles. The Morgan fingerprint density at radius 3 is 2.33 bits per heavy atom. The highest BCUT2D eigenvalue weighted by molar-refractivity contribution is 5.69. The van der Waals surface area contributed by atoms with E-state index in [4.69, 9.17) is 14.7 Å². The highest BCUT2D eigenvalue weighted by atomic mass is 16.6. The lowest BCUT2D eigenvalue weighted by molar-refractivity contribution is 0.0916. The zero-order valence-corrected chi connectivity index (χ0v) is 21.3. The molecule has 1 saturated heterocycles. The number of rotatable bonds is 6. The quantitative estimate of drug-likeness (QED) is 0.487. The maximum absolute atomic E-state index is 12.9. The van der Waals surface area contributed by atoms with Crippen LogP contribution in [0.3, 0.4) is 0 Å². The summed E-state index contributed by atoms with van der Waals surface area (Å²) in [6, 6.07) is 20.2. The molecule has 0 spiro atoms. The van der Waals surface area contributed by atoms with Crippen LogP contribution in [0.25, 0.3) is 0 Å². The molecule has 1 aromatic heterocycles. The number of nitrogens with zero attached hydrogens (tertiary/aromatic N) is 5. The van der Waals surface area contributed by atoms with E-state index >= 15 is 0 Å². The minimum absolute atomic E-state index is 0.277. The van der Waals surface area contributed by atoms with Gasteiger partial charge in [-0.05, 0) is 29.9 Å². The van der Waals surface area contributed by atoms with Gasteiger partial charge in [0.15, 0.2) is 0 Å². The van der Waals surface area contributed by atoms with Gasteiger partial charge in [-0.25, -0.2) is 9.78 Å². The molecule has 0 bridgehead atoms. The van der Waals surface area contributed by atoms with E-state index in [2.05, 4.69) is 41.0 Å². The fourth-order valence-electron chi connectivity index (χ4n) is 4.93. The Morgan fingerprint density at radius 2 is 1.64 bits per heavy atom. The second kappa shape index (κ2) is 11.0. The molecular formula is C29H35N5O2. The van der Waals surface area contributed by atoms with Crippen LogP contribution in [-0.2, 0) is 30.9 Å². The fraction of sp³-hybridized carbons (Fsp3) is 0.414. The Kier molecular flexibility index (Phi) is 7.35. The van der Waals surface area contributed by atoms with E-state index in [-0.39, 0.29) is 12.7 Å². The second-order valence-corrected chi connectivity index (χ2v) is 10.00. The third kappa shape index (κ3) is 5.61. The molecule has 2 aliphatic heterocycles. The zero-order valence-electron chi connectivity index (χ0n) is 21.3. The summed E-state index contributed by atoms with van der Waals surface area (Å²) in [6.07, 6.45) is 2.71. The summed E-state index contributed by atoms with van der Waals surface area (Å²) >= 11 is 0. The molecular weight excluding hydrogens is 450 g/mol. The van der Waals surface area contributed by atoms with Crippen LogP contribution in [0.4, 0.5) is 16.6 Å². The summed E-state index contributed by atoms with van der Waals surface area (Å²) in [7, 11) is 2.05. The maximum Gasteiger partial charge on any atom is 0.410 e. The molecule has 0 unspecified atom stereocenters. The van der Waals surface area contributed by atoms with E-state index in [9.17, 15) is 4.79 Å². The van der Waals surface area contributed by atoms with E-state index < -0.39 is 0 Å². The molecule has 1 fully saturated rings. The number of aromatic nitrogens is 2. The van der Waals surface area contributed by atoms with Gasteiger partial charge < -0.3 is 19.4 Å². The topological polar surface area (TPSA) is 61.8 Å². The Labute approximate surface area is 213 Å². The Morgan fingerprint density at radius 1 is 0.972 bits per heavy atom. The zero-order chi connectivity index (χ0) is 24.9. The first-order valence-corrected chi connectivity index (χ1v) is 12.9. The number of carbonyl (C=O) groups excluding carboxylic acids is 1. The van der Waals surface area contributed by atoms with E-state index in [1.807, 2.05) is 43.4 Å². The lowest BCUT2D eigenvalue weighted by Crippen LogP contribution is -2.40. The molecule has 36 heavy (non-hydrogen) atoms. The SMILES string of the molecule is CC1CCN(c2nc(N(C)Cc3ccccc3)nc3c2CN(C(=O)OCc2ccccc2)CC3)CC1. The number of piperidine rings is 1. The first kappa shape index (κ1) is 24.1. The average Bonchev–Trinajstić information content (AvgIpc) is 2.92. The lowest BCUT2D eigenvalue weighted by atomic mass is 9.98. The number of hydrogen-bond acceptors (Lipinski definition) is 6. The van der Waals surface area contributed by atoms with Gasteiger partial charge in [0.05, 0.1) is 12.2 Å². The minimum atomic E-state index is -0.284. The first-order chi connectivity index (χ1) is 17.6. The van der Waals surface area contributed by atoms with Crippen molar-refractivity contribution < 1.29 is 9.53 Å². The monoisotopic (exact) mass is 485 g/mol. The van der Waals surface area contributed by atoms with Crippen molar-refractivity contribution in [1.82, 2.24) is 14.9 Å². The normalized spacial score (nSPS) is 15.9. The molecule has 0 radical (unpaired) electrons. The summed E-state index contributed by atoms with van der Waals surface area (Å²) in [5, 5.41) is 0. The van der Waals surface area contributed by atoms with Crippen LogP contribution in [0.15, 0.2) is 60.7 Å². The molecule has 1 amide bonds. The van der Waals surface area contributed by atoms with Crippen LogP contribution in [0.5, 0.6) is 0 Å². The molecule has 5 rings (SSSR count). The standard InChI is InChI=1S/C29H35N5O2/c1-22-13-16-33(17-14-22)27-25-20-34(29(35)36-21-24-11-7-4-8-12-24)18-15-26(25)30-28(31-27)32(2)19-23-9-5-3-6-10-23/h3-12,22H,13-21H2,1-2H3. The Bertz CT molecular complexity index is 1160. The molecule has 3 aromatic rings. The van der Waals surface area contributed by atoms with Gasteiger partial charge in [0.1, 0.15) is 12.4 Å². The third-order valence-electron chi connectivity index (χ3n) is 7.18. The summed E-state index contributed by atoms with van der Waals surface area (Å²) < 4.78 is 5.63. The van der Waals surface area contributed by atoms with Gasteiger partial charge >= 0.3 is 6.09 Å². The summed E-state index contributed by atoms with van der Waals surface area (Å²) in [5.74, 6) is 2.44. The second-order valence-electron chi connectivity index (χ2n) is 10.00. The first-order valence-electron chi connectivity index (χ1n) is 12.9. The van der Waals surface area contributed by atoms with Crippen LogP contribution in [0.2, 0.25) is 0 Å². The molecule has 2 aromatic carbocycles. The van der Waals surface area contributed by atoms with E-state index in [0.717, 1.165) is 67.0 Å². The number of fused-ring (bicyclic) bond motifs is 1. The molecule has 0 atom stereocenters. The number of hydrogen-bond donors (Lipinski definition) is 0. The molecule has 0 N–H and O–H groups in total. The van der Waals surface area contributed by atoms with Crippen LogP contribution >= 0.6 is 0 Å². The summed E-state index contributed by atoms with van der Waals surface area (Å²) in [4.78, 5) is 29.3. The highest BCUT2D eigenvalue weighted by Gasteiger charge is 2.30. The van der Waals surface area contributed by atoms with Crippen LogP contribution in [0, 0.1) is 5.92 Å². The number of anilines is 2. The van der Waals surface area contributed by atoms with Gasteiger partial charge in [-0.3, -0.25) is 0 Å². The number of benzene rings is 2. The van der Waals surface area contributed by atoms with E-state index in [1.165, 1.54) is 5.56 Å². The van der Waals surface area contributed by atoms with Crippen molar-refractivity contribution in [2.75, 3.05) is 36.5 Å². The molecule has 2 aliphatic rings. The smallest absolute Gasteiger partial charge is 0.410 e. The summed E-state index contributed by atoms with van der Waals surface area (Å²) in [6.45, 7) is 6.36. The Hall–Kier alpha value is -3.61. The lowest BCUT2D eigenvalue weighted by Gasteiger charge is -2.36. The molecule has 7 heteroatoms. The molecule has 0 saturated carbocycles. The van der Waals surface area contributed by atoms with E-state index in [1.54, 1.807) is 4.90 Å². The predicted octanol–water partition coefficient (Wildman–Crippen LogP) is 5.04. The molecule has 0 aliphatic carbocycles. The van der Waals surface area contributed by atoms with Crippen molar-refractivity contribution in [1.29, 1.82) is 0 Å².